The van der Waals surface area contributed by atoms with Crippen LogP contribution in [0.1, 0.15) is 48.4 Å². The van der Waals surface area contributed by atoms with E-state index in [1.165, 1.54) is 47.3 Å². The predicted molar refractivity (Wildman–Crippen MR) is 81.4 cm³/mol. The van der Waals surface area contributed by atoms with Crippen LogP contribution < -0.4 is 0 Å². The third-order valence-corrected chi connectivity index (χ3v) is 4.20. The Balaban J connectivity index is 2.04. The van der Waals surface area contributed by atoms with Crippen LogP contribution in [-0.2, 0) is 11.2 Å². The van der Waals surface area contributed by atoms with Crippen LogP contribution >= 0.6 is 0 Å². The molecule has 0 saturated heterocycles. The van der Waals surface area contributed by atoms with Crippen LogP contribution in [0.15, 0.2) is 24.0 Å². The van der Waals surface area contributed by atoms with E-state index in [1.807, 2.05) is 0 Å². The van der Waals surface area contributed by atoms with Crippen LogP contribution in [0.4, 0.5) is 0 Å². The summed E-state index contributed by atoms with van der Waals surface area (Å²) in [7, 11) is 0. The zero-order chi connectivity index (χ0) is 13.8. The van der Waals surface area contributed by atoms with Crippen LogP contribution in [0, 0.1) is 26.7 Å². The summed E-state index contributed by atoms with van der Waals surface area (Å²) in [6.45, 7) is 9.72. The molecular formula is C18H26O. The maximum absolute atomic E-state index is 5.93. The monoisotopic (exact) mass is 258 g/mol. The Hall–Kier alpha value is -1.24. The Morgan fingerprint density at radius 2 is 1.84 bits per heavy atom. The quantitative estimate of drug-likeness (QED) is 0.748. The lowest BCUT2D eigenvalue weighted by molar-refractivity contribution is 0.137. The highest BCUT2D eigenvalue weighted by atomic mass is 16.5. The van der Waals surface area contributed by atoms with Crippen molar-refractivity contribution in [1.29, 1.82) is 0 Å². The second-order valence-electron chi connectivity index (χ2n) is 5.91. The van der Waals surface area contributed by atoms with Gasteiger partial charge < -0.3 is 4.74 Å². The fourth-order valence-electron chi connectivity index (χ4n) is 2.78. The first-order chi connectivity index (χ1) is 9.10. The van der Waals surface area contributed by atoms with E-state index in [0.29, 0.717) is 0 Å². The highest BCUT2D eigenvalue weighted by molar-refractivity contribution is 5.38. The van der Waals surface area contributed by atoms with Crippen molar-refractivity contribution >= 4 is 0 Å². The lowest BCUT2D eigenvalue weighted by atomic mass is 9.95. The second-order valence-corrected chi connectivity index (χ2v) is 5.91. The van der Waals surface area contributed by atoms with Crippen molar-refractivity contribution in [3.63, 3.8) is 0 Å². The first kappa shape index (κ1) is 14.2. The van der Waals surface area contributed by atoms with Gasteiger partial charge in [-0.3, -0.25) is 0 Å². The van der Waals surface area contributed by atoms with Gasteiger partial charge in [0.1, 0.15) is 0 Å². The number of ether oxygens (including phenoxy) is 1. The summed E-state index contributed by atoms with van der Waals surface area (Å²) in [4.78, 5) is 0. The summed E-state index contributed by atoms with van der Waals surface area (Å²) in [5, 5.41) is 0. The molecule has 1 aromatic rings. The molecule has 1 nitrogen and oxygen atoms in total. The summed E-state index contributed by atoms with van der Waals surface area (Å²) >= 11 is 0. The molecule has 0 N–H and O–H groups in total. The number of aryl methyl sites for hydroxylation is 3. The lowest BCUT2D eigenvalue weighted by Gasteiger charge is -2.23. The van der Waals surface area contributed by atoms with Crippen LogP contribution in [0.5, 0.6) is 0 Å². The molecule has 1 unspecified atom stereocenters. The predicted octanol–water partition coefficient (Wildman–Crippen LogP) is 4.87. The number of rotatable bonds is 4. The first-order valence-corrected chi connectivity index (χ1v) is 7.48. The van der Waals surface area contributed by atoms with Gasteiger partial charge in [-0.1, -0.05) is 25.5 Å². The molecule has 104 valence electrons. The molecule has 19 heavy (non-hydrogen) atoms. The van der Waals surface area contributed by atoms with E-state index in [2.05, 4.69) is 45.9 Å². The summed E-state index contributed by atoms with van der Waals surface area (Å²) in [5.74, 6) is 1.90. The molecule has 2 rings (SSSR count). The lowest BCUT2D eigenvalue weighted by Crippen LogP contribution is -2.15. The molecule has 0 fully saturated rings. The standard InChI is InChI=1S/C18H26O/c1-5-6-16-7-8-18(19-12-16)11-17-10-14(3)13(2)9-15(17)4/h8-10,16H,5-7,11-12H2,1-4H3. The largest absolute Gasteiger partial charge is 0.498 e. The number of allylic oxidation sites excluding steroid dienone is 2. The van der Waals surface area contributed by atoms with Crippen LogP contribution in [0.25, 0.3) is 0 Å². The number of hydrogen-bond acceptors (Lipinski definition) is 1. The van der Waals surface area contributed by atoms with Gasteiger partial charge in [0, 0.05) is 6.42 Å². The zero-order valence-electron chi connectivity index (χ0n) is 12.8. The van der Waals surface area contributed by atoms with Gasteiger partial charge in [-0.05, 0) is 67.9 Å². The van der Waals surface area contributed by atoms with E-state index in [9.17, 15) is 0 Å². The molecule has 1 heterocycles. The summed E-state index contributed by atoms with van der Waals surface area (Å²) in [6, 6.07) is 4.60. The van der Waals surface area contributed by atoms with Crippen molar-refractivity contribution in [1.82, 2.24) is 0 Å². The topological polar surface area (TPSA) is 9.23 Å². The summed E-state index contributed by atoms with van der Waals surface area (Å²) in [6.07, 6.45) is 6.98. The van der Waals surface area contributed by atoms with E-state index in [-0.39, 0.29) is 0 Å². The molecule has 1 atom stereocenters. The highest BCUT2D eigenvalue weighted by Crippen LogP contribution is 2.24. The van der Waals surface area contributed by atoms with Crippen molar-refractivity contribution in [2.24, 2.45) is 5.92 Å². The van der Waals surface area contributed by atoms with Crippen molar-refractivity contribution in [3.05, 3.63) is 46.2 Å². The number of hydrogen-bond donors (Lipinski definition) is 0. The average molecular weight is 258 g/mol. The Morgan fingerprint density at radius 1 is 1.11 bits per heavy atom. The maximum atomic E-state index is 5.93. The van der Waals surface area contributed by atoms with E-state index < -0.39 is 0 Å². The van der Waals surface area contributed by atoms with Crippen LogP contribution in [-0.4, -0.2) is 6.61 Å². The molecule has 0 bridgehead atoms. The molecule has 1 aliphatic rings. The minimum atomic E-state index is 0.731. The molecule has 0 spiro atoms. The fraction of sp³-hybridized carbons (Fsp3) is 0.556. The maximum Gasteiger partial charge on any atom is 0.0964 e. The SMILES string of the molecule is CCCC1CC=C(Cc2cc(C)c(C)cc2C)OC1. The molecule has 0 amide bonds. The zero-order valence-corrected chi connectivity index (χ0v) is 12.8. The fourth-order valence-corrected chi connectivity index (χ4v) is 2.78. The van der Waals surface area contributed by atoms with Gasteiger partial charge in [0.25, 0.3) is 0 Å². The van der Waals surface area contributed by atoms with Crippen molar-refractivity contribution < 1.29 is 4.74 Å². The van der Waals surface area contributed by atoms with Gasteiger partial charge in [-0.25, -0.2) is 0 Å². The van der Waals surface area contributed by atoms with E-state index in [4.69, 9.17) is 4.74 Å². The molecule has 1 heteroatoms. The average Bonchev–Trinajstić information content (AvgIpc) is 2.38. The molecule has 0 aromatic heterocycles. The van der Waals surface area contributed by atoms with Gasteiger partial charge in [-0.15, -0.1) is 0 Å². The Morgan fingerprint density at radius 3 is 2.47 bits per heavy atom. The molecule has 1 aliphatic heterocycles. The molecule has 0 saturated carbocycles. The van der Waals surface area contributed by atoms with E-state index in [0.717, 1.165) is 18.9 Å². The molecule has 0 aliphatic carbocycles. The van der Waals surface area contributed by atoms with Gasteiger partial charge in [0.15, 0.2) is 0 Å². The Labute approximate surface area is 117 Å². The minimum Gasteiger partial charge on any atom is -0.498 e. The first-order valence-electron chi connectivity index (χ1n) is 7.48. The minimum absolute atomic E-state index is 0.731. The van der Waals surface area contributed by atoms with Gasteiger partial charge in [0.2, 0.25) is 0 Å². The second kappa shape index (κ2) is 6.27. The van der Waals surface area contributed by atoms with Crippen molar-refractivity contribution in [2.75, 3.05) is 6.61 Å². The third kappa shape index (κ3) is 3.62. The summed E-state index contributed by atoms with van der Waals surface area (Å²) in [5.41, 5.74) is 5.54. The summed E-state index contributed by atoms with van der Waals surface area (Å²) < 4.78 is 5.93. The molecular weight excluding hydrogens is 232 g/mol. The molecule has 0 radical (unpaired) electrons. The van der Waals surface area contributed by atoms with E-state index >= 15 is 0 Å². The normalized spacial score (nSPS) is 18.9. The van der Waals surface area contributed by atoms with Gasteiger partial charge >= 0.3 is 0 Å². The number of benzene rings is 1. The van der Waals surface area contributed by atoms with Crippen molar-refractivity contribution in [3.8, 4) is 0 Å². The third-order valence-electron chi connectivity index (χ3n) is 4.20. The smallest absolute Gasteiger partial charge is 0.0964 e. The van der Waals surface area contributed by atoms with E-state index in [1.54, 1.807) is 0 Å². The van der Waals surface area contributed by atoms with Gasteiger partial charge in [-0.2, -0.15) is 0 Å². The Bertz CT molecular complexity index is 471. The van der Waals surface area contributed by atoms with Crippen molar-refractivity contribution in [2.45, 2.75) is 53.4 Å². The van der Waals surface area contributed by atoms with Crippen LogP contribution in [0.3, 0.4) is 0 Å². The van der Waals surface area contributed by atoms with Gasteiger partial charge in [0.05, 0.1) is 12.4 Å². The molecule has 1 aromatic carbocycles. The highest BCUT2D eigenvalue weighted by Gasteiger charge is 2.15. The Kier molecular flexibility index (Phi) is 4.68. The van der Waals surface area contributed by atoms with Crippen LogP contribution in [0.2, 0.25) is 0 Å².